The van der Waals surface area contributed by atoms with Crippen LogP contribution in [0.2, 0.25) is 0 Å². The molecule has 2 N–H and O–H groups in total. The molecule has 53 heavy (non-hydrogen) atoms. The lowest BCUT2D eigenvalue weighted by Gasteiger charge is -2.29. The van der Waals surface area contributed by atoms with Gasteiger partial charge in [-0.3, -0.25) is 9.59 Å². The second kappa shape index (κ2) is 15.2. The molecule has 6 heteroatoms. The Balaban J connectivity index is 1.10. The van der Waals surface area contributed by atoms with E-state index in [0.717, 1.165) is 33.6 Å². The molecule has 0 amide bonds. The minimum atomic E-state index is -0.261. The van der Waals surface area contributed by atoms with E-state index in [4.69, 9.17) is 9.47 Å². The summed E-state index contributed by atoms with van der Waals surface area (Å²) in [6, 6.07) is 41.5. The first-order valence-corrected chi connectivity index (χ1v) is 17.6. The minimum absolute atomic E-state index is 0.00494. The fraction of sp³-hybridized carbons (Fsp3) is 0.191. The Morgan fingerprint density at radius 3 is 1.36 bits per heavy atom. The van der Waals surface area contributed by atoms with Gasteiger partial charge >= 0.3 is 0 Å². The number of aryl methyl sites for hydroxylation is 1. The summed E-state index contributed by atoms with van der Waals surface area (Å²) in [4.78, 5) is 23.0. The second-order valence-electron chi connectivity index (χ2n) is 14.5. The van der Waals surface area contributed by atoms with Crippen molar-refractivity contribution in [2.24, 2.45) is 0 Å². The Labute approximate surface area is 311 Å². The van der Waals surface area contributed by atoms with E-state index in [1.54, 1.807) is 19.1 Å². The number of aldehydes is 2. The standard InChI is InChI=1S/C47H44O6/c1-31-23-32(24-35(27-48)44(31)50)29-52-41-19-15-39(16-20-41)46(2,3)37-11-13-38(14-12-37)47(4,5)40-17-21-42(22-18-40)53-30-33-25-36(28-49)45(51)43(26-33)34-9-7-6-8-10-34/h6-28,50-51H,29-30H2,1-5H3. The maximum absolute atomic E-state index is 11.7. The highest BCUT2D eigenvalue weighted by Gasteiger charge is 2.27. The third kappa shape index (κ3) is 7.87. The predicted molar refractivity (Wildman–Crippen MR) is 209 cm³/mol. The summed E-state index contributed by atoms with van der Waals surface area (Å²) in [6.07, 6.45) is 1.32. The number of ether oxygens (including phenoxy) is 2. The van der Waals surface area contributed by atoms with Gasteiger partial charge in [0, 0.05) is 16.4 Å². The molecule has 0 aromatic heterocycles. The van der Waals surface area contributed by atoms with Crippen LogP contribution in [-0.4, -0.2) is 22.8 Å². The summed E-state index contributed by atoms with van der Waals surface area (Å²) in [5.41, 5.74) is 8.33. The van der Waals surface area contributed by atoms with E-state index in [9.17, 15) is 19.8 Å². The van der Waals surface area contributed by atoms with E-state index in [1.807, 2.05) is 66.7 Å². The zero-order valence-corrected chi connectivity index (χ0v) is 30.7. The molecule has 0 unspecified atom stereocenters. The summed E-state index contributed by atoms with van der Waals surface area (Å²) in [7, 11) is 0. The molecule has 0 atom stereocenters. The van der Waals surface area contributed by atoms with Crippen molar-refractivity contribution in [3.05, 3.63) is 177 Å². The van der Waals surface area contributed by atoms with Crippen LogP contribution < -0.4 is 9.47 Å². The number of benzene rings is 6. The molecule has 6 aromatic rings. The van der Waals surface area contributed by atoms with Crippen molar-refractivity contribution in [2.45, 2.75) is 58.7 Å². The highest BCUT2D eigenvalue weighted by Crippen LogP contribution is 2.37. The molecule has 0 aliphatic heterocycles. The van der Waals surface area contributed by atoms with Gasteiger partial charge in [0.2, 0.25) is 0 Å². The lowest BCUT2D eigenvalue weighted by atomic mass is 9.74. The Hall–Kier alpha value is -6.14. The molecule has 0 aliphatic rings. The fourth-order valence-corrected chi connectivity index (χ4v) is 6.69. The largest absolute Gasteiger partial charge is 0.507 e. The fourth-order valence-electron chi connectivity index (χ4n) is 6.69. The molecule has 0 heterocycles. The van der Waals surface area contributed by atoms with Gasteiger partial charge in [-0.05, 0) is 100.0 Å². The van der Waals surface area contributed by atoms with Crippen LogP contribution in [0.5, 0.6) is 23.0 Å². The predicted octanol–water partition coefficient (Wildman–Crippen LogP) is 10.5. The van der Waals surface area contributed by atoms with E-state index in [0.29, 0.717) is 29.4 Å². The average Bonchev–Trinajstić information content (AvgIpc) is 3.18. The van der Waals surface area contributed by atoms with Gasteiger partial charge in [0.15, 0.2) is 12.6 Å². The zero-order valence-electron chi connectivity index (χ0n) is 30.7. The van der Waals surface area contributed by atoms with Crippen LogP contribution in [0.4, 0.5) is 0 Å². The maximum atomic E-state index is 11.7. The van der Waals surface area contributed by atoms with Crippen molar-refractivity contribution in [3.63, 3.8) is 0 Å². The Morgan fingerprint density at radius 2 is 0.925 bits per heavy atom. The summed E-state index contributed by atoms with van der Waals surface area (Å²) in [5.74, 6) is 1.40. The first kappa shape index (κ1) is 36.6. The van der Waals surface area contributed by atoms with Crippen LogP contribution in [0, 0.1) is 6.92 Å². The third-order valence-corrected chi connectivity index (χ3v) is 10.2. The third-order valence-electron chi connectivity index (χ3n) is 10.2. The first-order valence-electron chi connectivity index (χ1n) is 17.6. The van der Waals surface area contributed by atoms with Gasteiger partial charge in [0.25, 0.3) is 0 Å². The van der Waals surface area contributed by atoms with Gasteiger partial charge in [-0.15, -0.1) is 0 Å². The molecule has 0 bridgehead atoms. The van der Waals surface area contributed by atoms with Crippen LogP contribution >= 0.6 is 0 Å². The molecule has 0 saturated carbocycles. The Bertz CT molecular complexity index is 2220. The topological polar surface area (TPSA) is 93.1 Å². The van der Waals surface area contributed by atoms with Crippen molar-refractivity contribution < 1.29 is 29.3 Å². The van der Waals surface area contributed by atoms with E-state index in [-0.39, 0.29) is 46.7 Å². The van der Waals surface area contributed by atoms with Gasteiger partial charge in [0.1, 0.15) is 36.2 Å². The number of hydrogen-bond acceptors (Lipinski definition) is 6. The molecule has 0 aliphatic carbocycles. The number of aromatic hydroxyl groups is 2. The number of phenolic OH excluding ortho intramolecular Hbond substituents is 2. The SMILES string of the molecule is Cc1cc(COc2ccc(C(C)(C)c3ccc(C(C)(C)c4ccc(OCc5cc(C=O)c(O)c(-c6ccccc6)c5)cc4)cc3)cc2)cc(C=O)c1O. The number of carbonyl (C=O) groups is 2. The van der Waals surface area contributed by atoms with Crippen molar-refractivity contribution in [1.29, 1.82) is 0 Å². The highest BCUT2D eigenvalue weighted by atomic mass is 16.5. The van der Waals surface area contributed by atoms with Gasteiger partial charge < -0.3 is 19.7 Å². The maximum Gasteiger partial charge on any atom is 0.153 e. The molecular formula is C47H44O6. The molecule has 6 aromatic carbocycles. The molecule has 268 valence electrons. The summed E-state index contributed by atoms with van der Waals surface area (Å²) in [5, 5.41) is 20.7. The molecule has 0 saturated heterocycles. The van der Waals surface area contributed by atoms with Crippen molar-refractivity contribution >= 4 is 12.6 Å². The van der Waals surface area contributed by atoms with Crippen molar-refractivity contribution in [2.75, 3.05) is 0 Å². The van der Waals surface area contributed by atoms with Crippen LogP contribution in [-0.2, 0) is 24.0 Å². The lowest BCUT2D eigenvalue weighted by molar-refractivity contribution is 0.111. The van der Waals surface area contributed by atoms with Gasteiger partial charge in [-0.25, -0.2) is 0 Å². The quantitative estimate of drug-likeness (QED) is 0.116. The number of hydrogen-bond donors (Lipinski definition) is 2. The zero-order chi connectivity index (χ0) is 37.8. The normalized spacial score (nSPS) is 11.6. The van der Waals surface area contributed by atoms with E-state index >= 15 is 0 Å². The average molecular weight is 705 g/mol. The second-order valence-corrected chi connectivity index (χ2v) is 14.5. The summed E-state index contributed by atoms with van der Waals surface area (Å²) in [6.45, 7) is 11.1. The van der Waals surface area contributed by atoms with Crippen molar-refractivity contribution in [3.8, 4) is 34.1 Å². The van der Waals surface area contributed by atoms with Crippen LogP contribution in [0.25, 0.3) is 11.1 Å². The number of carbonyl (C=O) groups excluding carboxylic acids is 2. The smallest absolute Gasteiger partial charge is 0.153 e. The Morgan fingerprint density at radius 1 is 0.528 bits per heavy atom. The first-order chi connectivity index (χ1) is 25.4. The van der Waals surface area contributed by atoms with E-state index in [2.05, 4.69) is 76.2 Å². The molecule has 0 fully saturated rings. The molecule has 0 radical (unpaired) electrons. The monoisotopic (exact) mass is 704 g/mol. The Kier molecular flexibility index (Phi) is 10.5. The number of phenols is 2. The summed E-state index contributed by atoms with van der Waals surface area (Å²) >= 11 is 0. The molecule has 6 rings (SSSR count). The van der Waals surface area contributed by atoms with Gasteiger partial charge in [-0.2, -0.15) is 0 Å². The molecule has 0 spiro atoms. The lowest BCUT2D eigenvalue weighted by Crippen LogP contribution is -2.21. The highest BCUT2D eigenvalue weighted by molar-refractivity contribution is 5.86. The van der Waals surface area contributed by atoms with Crippen LogP contribution in [0.1, 0.15) is 87.4 Å². The minimum Gasteiger partial charge on any atom is -0.507 e. The van der Waals surface area contributed by atoms with Gasteiger partial charge in [-0.1, -0.05) is 107 Å². The number of rotatable bonds is 13. The van der Waals surface area contributed by atoms with Crippen LogP contribution in [0.3, 0.4) is 0 Å². The molecular weight excluding hydrogens is 661 g/mol. The summed E-state index contributed by atoms with van der Waals surface area (Å²) < 4.78 is 12.1. The van der Waals surface area contributed by atoms with Crippen LogP contribution in [0.15, 0.2) is 127 Å². The van der Waals surface area contributed by atoms with Gasteiger partial charge in [0.05, 0.1) is 11.1 Å². The van der Waals surface area contributed by atoms with Crippen molar-refractivity contribution in [1.82, 2.24) is 0 Å². The van der Waals surface area contributed by atoms with E-state index < -0.39 is 0 Å². The molecule has 6 nitrogen and oxygen atoms in total. The van der Waals surface area contributed by atoms with E-state index in [1.165, 1.54) is 11.1 Å².